The number of pyridine rings is 1. The molecule has 1 aromatic heterocycles. The van der Waals surface area contributed by atoms with Crippen LogP contribution in [-0.4, -0.2) is 57.6 Å². The molecule has 2 fully saturated rings. The van der Waals surface area contributed by atoms with Crippen molar-refractivity contribution in [3.8, 4) is 0 Å². The molecule has 1 amide bonds. The van der Waals surface area contributed by atoms with Gasteiger partial charge in [-0.15, -0.1) is 0 Å². The fraction of sp³-hybridized carbons (Fsp3) is 0.700. The molecule has 4 heterocycles. The molecular weight excluding hydrogens is 328 g/mol. The second-order valence-corrected chi connectivity index (χ2v) is 8.35. The van der Waals surface area contributed by atoms with Gasteiger partial charge in [0.05, 0.1) is 5.56 Å². The van der Waals surface area contributed by atoms with Gasteiger partial charge in [0.2, 0.25) is 0 Å². The third-order valence-electron chi connectivity index (χ3n) is 6.90. The Bertz CT molecular complexity index is 666. The van der Waals surface area contributed by atoms with Crippen LogP contribution in [0.5, 0.6) is 0 Å². The smallest absolute Gasteiger partial charge is 0.276 e. The lowest BCUT2D eigenvalue weighted by atomic mass is 9.88. The molecule has 1 aromatic rings. The molecule has 2 N–H and O–H groups in total. The average molecular weight is 358 g/mol. The molecule has 0 saturated carbocycles. The first-order chi connectivity index (χ1) is 12.6. The number of piperidine rings is 1. The second-order valence-electron chi connectivity index (χ2n) is 8.35. The summed E-state index contributed by atoms with van der Waals surface area (Å²) in [6, 6.07) is 3.98. The minimum Gasteiger partial charge on any atom is -0.300 e. The predicted molar refractivity (Wildman–Crippen MR) is 99.0 cm³/mol. The SMILES string of the molecule is CC[C@H]1Cc2ncc(C(=O)NO)cc2CN1CC1C[C@H]2CC[C@@H](C1)N2C. The Balaban J connectivity index is 1.49. The molecule has 142 valence electrons. The second kappa shape index (κ2) is 7.25. The number of carbonyl (C=O) groups is 1. The summed E-state index contributed by atoms with van der Waals surface area (Å²) < 4.78 is 0. The van der Waals surface area contributed by atoms with E-state index in [1.165, 1.54) is 25.7 Å². The number of hydroxylamine groups is 1. The van der Waals surface area contributed by atoms with E-state index in [0.29, 0.717) is 11.6 Å². The van der Waals surface area contributed by atoms with Crippen molar-refractivity contribution in [3.63, 3.8) is 0 Å². The summed E-state index contributed by atoms with van der Waals surface area (Å²) in [4.78, 5) is 21.4. The van der Waals surface area contributed by atoms with Gasteiger partial charge in [0.25, 0.3) is 5.91 Å². The quantitative estimate of drug-likeness (QED) is 0.638. The molecule has 1 unspecified atom stereocenters. The maximum Gasteiger partial charge on any atom is 0.276 e. The zero-order valence-electron chi connectivity index (χ0n) is 15.8. The fourth-order valence-electron chi connectivity index (χ4n) is 5.37. The molecule has 3 aliphatic rings. The monoisotopic (exact) mass is 358 g/mol. The van der Waals surface area contributed by atoms with E-state index in [1.807, 2.05) is 6.07 Å². The van der Waals surface area contributed by atoms with Crippen LogP contribution in [0.3, 0.4) is 0 Å². The lowest BCUT2D eigenvalue weighted by Gasteiger charge is -2.42. The van der Waals surface area contributed by atoms with Gasteiger partial charge in [0, 0.05) is 49.5 Å². The van der Waals surface area contributed by atoms with Gasteiger partial charge in [-0.1, -0.05) is 6.92 Å². The van der Waals surface area contributed by atoms with E-state index in [2.05, 4.69) is 28.8 Å². The van der Waals surface area contributed by atoms with Gasteiger partial charge >= 0.3 is 0 Å². The van der Waals surface area contributed by atoms with E-state index in [9.17, 15) is 4.79 Å². The van der Waals surface area contributed by atoms with E-state index >= 15 is 0 Å². The molecule has 4 atom stereocenters. The normalized spacial score (nSPS) is 31.7. The number of amides is 1. The fourth-order valence-corrected chi connectivity index (χ4v) is 5.37. The summed E-state index contributed by atoms with van der Waals surface area (Å²) in [6.07, 6.45) is 9.01. The van der Waals surface area contributed by atoms with Crippen molar-refractivity contribution < 1.29 is 10.0 Å². The van der Waals surface area contributed by atoms with Crippen LogP contribution in [0, 0.1) is 5.92 Å². The highest BCUT2D eigenvalue weighted by Gasteiger charge is 2.39. The molecule has 0 radical (unpaired) electrons. The first kappa shape index (κ1) is 17.9. The molecule has 4 rings (SSSR count). The standard InChI is InChI=1S/C20H30N4O2/c1-3-16-9-19-15(8-14(10-21-19)20(25)22-26)12-24(16)11-13-6-17-4-5-18(7-13)23(17)2/h8,10,13,16-18,26H,3-7,9,11-12H2,1-2H3,(H,22,25)/t13?,16-,17-,18+/m0/s1. The minimum absolute atomic E-state index is 0.429. The minimum atomic E-state index is -0.489. The summed E-state index contributed by atoms with van der Waals surface area (Å²) in [6.45, 7) is 4.26. The van der Waals surface area contributed by atoms with Crippen LogP contribution in [0.1, 0.15) is 60.6 Å². The molecule has 26 heavy (non-hydrogen) atoms. The van der Waals surface area contributed by atoms with E-state index < -0.39 is 5.91 Å². The van der Waals surface area contributed by atoms with Crippen LogP contribution < -0.4 is 5.48 Å². The number of nitrogens with zero attached hydrogens (tertiary/aromatic N) is 3. The van der Waals surface area contributed by atoms with Crippen molar-refractivity contribution in [3.05, 3.63) is 29.1 Å². The van der Waals surface area contributed by atoms with Crippen LogP contribution in [-0.2, 0) is 13.0 Å². The number of nitrogens with one attached hydrogen (secondary N) is 1. The molecule has 2 bridgehead atoms. The van der Waals surface area contributed by atoms with E-state index in [-0.39, 0.29) is 0 Å². The molecule has 6 heteroatoms. The maximum atomic E-state index is 11.7. The van der Waals surface area contributed by atoms with Crippen LogP contribution in [0.25, 0.3) is 0 Å². The van der Waals surface area contributed by atoms with Gasteiger partial charge in [0.1, 0.15) is 0 Å². The number of rotatable bonds is 4. The third kappa shape index (κ3) is 3.26. The van der Waals surface area contributed by atoms with Crippen LogP contribution in [0.4, 0.5) is 0 Å². The van der Waals surface area contributed by atoms with Gasteiger partial charge < -0.3 is 4.90 Å². The zero-order valence-corrected chi connectivity index (χ0v) is 15.8. The molecule has 2 saturated heterocycles. The van der Waals surface area contributed by atoms with E-state index in [4.69, 9.17) is 5.21 Å². The maximum absolute atomic E-state index is 11.7. The van der Waals surface area contributed by atoms with Gasteiger partial charge in [-0.25, -0.2) is 5.48 Å². The summed E-state index contributed by atoms with van der Waals surface area (Å²) in [5.41, 5.74) is 4.37. The summed E-state index contributed by atoms with van der Waals surface area (Å²) in [5.74, 6) is 0.285. The zero-order chi connectivity index (χ0) is 18.3. The Hall–Kier alpha value is -1.50. The number of aromatic nitrogens is 1. The summed E-state index contributed by atoms with van der Waals surface area (Å²) in [7, 11) is 2.30. The van der Waals surface area contributed by atoms with E-state index in [1.54, 1.807) is 11.7 Å². The van der Waals surface area contributed by atoms with Gasteiger partial charge in [-0.2, -0.15) is 0 Å². The van der Waals surface area contributed by atoms with Crippen molar-refractivity contribution >= 4 is 5.91 Å². The molecule has 0 spiro atoms. The highest BCUT2D eigenvalue weighted by atomic mass is 16.5. The summed E-state index contributed by atoms with van der Waals surface area (Å²) >= 11 is 0. The summed E-state index contributed by atoms with van der Waals surface area (Å²) in [5, 5.41) is 8.88. The van der Waals surface area contributed by atoms with Crippen LogP contribution in [0.2, 0.25) is 0 Å². The van der Waals surface area contributed by atoms with Crippen molar-refractivity contribution in [1.29, 1.82) is 0 Å². The topological polar surface area (TPSA) is 68.7 Å². The highest BCUT2D eigenvalue weighted by Crippen LogP contribution is 2.38. The van der Waals surface area contributed by atoms with Gasteiger partial charge in [-0.3, -0.25) is 19.9 Å². The van der Waals surface area contributed by atoms with Crippen molar-refractivity contribution in [2.45, 2.75) is 70.1 Å². The first-order valence-electron chi connectivity index (χ1n) is 9.97. The van der Waals surface area contributed by atoms with Gasteiger partial charge in [-0.05, 0) is 56.7 Å². The Morgan fingerprint density at radius 1 is 1.35 bits per heavy atom. The van der Waals surface area contributed by atoms with E-state index in [0.717, 1.165) is 55.2 Å². The molecule has 0 aliphatic carbocycles. The van der Waals surface area contributed by atoms with Gasteiger partial charge in [0.15, 0.2) is 0 Å². The molecule has 3 aliphatic heterocycles. The first-order valence-corrected chi connectivity index (χ1v) is 9.97. The molecule has 6 nitrogen and oxygen atoms in total. The van der Waals surface area contributed by atoms with Crippen molar-refractivity contribution in [2.24, 2.45) is 5.92 Å². The Morgan fingerprint density at radius 3 is 2.73 bits per heavy atom. The molecular formula is C20H30N4O2. The average Bonchev–Trinajstić information content (AvgIpc) is 2.87. The predicted octanol–water partition coefficient (Wildman–Crippen LogP) is 2.21. The third-order valence-corrected chi connectivity index (χ3v) is 6.90. The number of fused-ring (bicyclic) bond motifs is 3. The lowest BCUT2D eigenvalue weighted by Crippen LogP contribution is -2.47. The highest BCUT2D eigenvalue weighted by molar-refractivity contribution is 5.93. The van der Waals surface area contributed by atoms with Crippen molar-refractivity contribution in [2.75, 3.05) is 13.6 Å². The largest absolute Gasteiger partial charge is 0.300 e. The molecule has 0 aromatic carbocycles. The number of carbonyl (C=O) groups excluding carboxylic acids is 1. The Morgan fingerprint density at radius 2 is 2.08 bits per heavy atom. The Labute approximate surface area is 155 Å². The van der Waals surface area contributed by atoms with Crippen LogP contribution in [0.15, 0.2) is 12.3 Å². The Kier molecular flexibility index (Phi) is 4.99. The van der Waals surface area contributed by atoms with Crippen molar-refractivity contribution in [1.82, 2.24) is 20.3 Å². The van der Waals surface area contributed by atoms with Crippen LogP contribution >= 0.6 is 0 Å². The lowest BCUT2D eigenvalue weighted by molar-refractivity contribution is 0.0702. The number of hydrogen-bond donors (Lipinski definition) is 2. The number of hydrogen-bond acceptors (Lipinski definition) is 5.